The number of carbonyl (C=O) groups is 1. The summed E-state index contributed by atoms with van der Waals surface area (Å²) in [4.78, 5) is 14.1. The van der Waals surface area contributed by atoms with Crippen molar-refractivity contribution in [2.24, 2.45) is 23.2 Å². The quantitative estimate of drug-likeness (QED) is 0.0427. The Bertz CT molecular complexity index is 1590. The monoisotopic (exact) mass is 962 g/mol. The standard InChI is InChI=1S/C48H75IO8Si2/c1-10-53-42-33-47(34-54-42)32-36(50)31-41-39(26-28-51-35-52-29-30-58(7,8)9)40(43(49)48(47)44(41)56-46(5,6)57-48)25-19-11-12-20-27-55-59(45(2,3)4,37-21-15-13-16-22-37)38-23-17-14-18-24-38/h13-18,21-24,39-44H,10-12,19-20,25-35H2,1-9H3/t39-,40-,41-,42?,43+,44-,47-,48-/m1/s1. The van der Waals surface area contributed by atoms with E-state index in [-0.39, 0.29) is 33.2 Å². The molecule has 2 aliphatic heterocycles. The number of ether oxygens (including phenoxy) is 6. The van der Waals surface area contributed by atoms with Crippen LogP contribution in [0.1, 0.15) is 99.3 Å². The van der Waals surface area contributed by atoms with Gasteiger partial charge in [-0.05, 0) is 79.2 Å². The van der Waals surface area contributed by atoms with Crippen molar-refractivity contribution in [1.82, 2.24) is 0 Å². The summed E-state index contributed by atoms with van der Waals surface area (Å²) >= 11 is 2.72. The van der Waals surface area contributed by atoms with E-state index in [2.05, 4.69) is 138 Å². The van der Waals surface area contributed by atoms with E-state index >= 15 is 0 Å². The van der Waals surface area contributed by atoms with Crippen molar-refractivity contribution in [3.05, 3.63) is 60.7 Å². The first-order valence-corrected chi connectivity index (χ1v) is 29.5. The predicted molar refractivity (Wildman–Crippen MR) is 250 cm³/mol. The average molecular weight is 963 g/mol. The van der Waals surface area contributed by atoms with Crippen LogP contribution in [0.4, 0.5) is 0 Å². The fraction of sp³-hybridized carbons (Fsp3) is 0.729. The van der Waals surface area contributed by atoms with Crippen LogP contribution < -0.4 is 10.4 Å². The van der Waals surface area contributed by atoms with Crippen LogP contribution in [0.15, 0.2) is 60.7 Å². The van der Waals surface area contributed by atoms with Gasteiger partial charge in [-0.3, -0.25) is 4.79 Å². The Hall–Kier alpha value is -1.01. The molecule has 2 saturated heterocycles. The Balaban J connectivity index is 1.17. The maximum absolute atomic E-state index is 14.1. The van der Waals surface area contributed by atoms with Crippen molar-refractivity contribution < 1.29 is 37.6 Å². The second kappa shape index (κ2) is 19.8. The number of unbranched alkanes of at least 4 members (excludes halogenated alkanes) is 3. The van der Waals surface area contributed by atoms with E-state index in [0.717, 1.165) is 57.8 Å². The third kappa shape index (κ3) is 10.4. The maximum atomic E-state index is 14.1. The first-order chi connectivity index (χ1) is 28.0. The van der Waals surface area contributed by atoms with E-state index in [1.54, 1.807) is 0 Å². The minimum atomic E-state index is -2.56. The van der Waals surface area contributed by atoms with Gasteiger partial charge in [0.25, 0.3) is 8.32 Å². The molecule has 1 unspecified atom stereocenters. The zero-order chi connectivity index (χ0) is 42.5. The fourth-order valence-electron chi connectivity index (χ4n) is 11.2. The largest absolute Gasteiger partial charge is 0.407 e. The van der Waals surface area contributed by atoms with Crippen LogP contribution in [0.3, 0.4) is 0 Å². The molecule has 0 amide bonds. The highest BCUT2D eigenvalue weighted by atomic mass is 127. The first kappa shape index (κ1) is 47.5. The van der Waals surface area contributed by atoms with Crippen molar-refractivity contribution in [2.45, 2.75) is 158 Å². The Kier molecular flexibility index (Phi) is 15.9. The third-order valence-corrected chi connectivity index (χ3v) is 22.3. The highest BCUT2D eigenvalue weighted by molar-refractivity contribution is 14.1. The molecule has 2 saturated carbocycles. The van der Waals surface area contributed by atoms with E-state index in [4.69, 9.17) is 32.8 Å². The predicted octanol–water partition coefficient (Wildman–Crippen LogP) is 9.92. The second-order valence-electron chi connectivity index (χ2n) is 20.6. The molecule has 0 radical (unpaired) electrons. The van der Waals surface area contributed by atoms with Gasteiger partial charge < -0.3 is 32.8 Å². The lowest BCUT2D eigenvalue weighted by atomic mass is 9.54. The lowest BCUT2D eigenvalue weighted by Gasteiger charge is -2.57. The summed E-state index contributed by atoms with van der Waals surface area (Å²) in [6.45, 7) is 23.7. The molecule has 2 bridgehead atoms. The molecule has 59 heavy (non-hydrogen) atoms. The molecular formula is C48H75IO8Si2. The summed E-state index contributed by atoms with van der Waals surface area (Å²) in [5.74, 6) is 0.154. The minimum Gasteiger partial charge on any atom is -0.407 e. The molecular weight excluding hydrogens is 888 g/mol. The van der Waals surface area contributed by atoms with Crippen LogP contribution in [0, 0.1) is 23.2 Å². The van der Waals surface area contributed by atoms with Crippen LogP contribution in [0.5, 0.6) is 0 Å². The Morgan fingerprint density at radius 1 is 0.847 bits per heavy atom. The summed E-state index contributed by atoms with van der Waals surface area (Å²) < 4.78 is 46.2. The lowest BCUT2D eigenvalue weighted by Crippen LogP contribution is -2.68. The highest BCUT2D eigenvalue weighted by Crippen LogP contribution is 2.67. The van der Waals surface area contributed by atoms with Crippen LogP contribution >= 0.6 is 22.6 Å². The molecule has 4 fully saturated rings. The molecule has 2 aliphatic carbocycles. The van der Waals surface area contributed by atoms with Crippen molar-refractivity contribution >= 4 is 55.1 Å². The van der Waals surface area contributed by atoms with Crippen molar-refractivity contribution in [3.63, 3.8) is 0 Å². The van der Waals surface area contributed by atoms with Gasteiger partial charge in [-0.2, -0.15) is 0 Å². The second-order valence-corrected chi connectivity index (χ2v) is 31.8. The van der Waals surface area contributed by atoms with Crippen LogP contribution in [0.2, 0.25) is 30.7 Å². The van der Waals surface area contributed by atoms with Gasteiger partial charge in [0, 0.05) is 63.1 Å². The number of Topliss-reactive ketones (excluding diaryl/α,β-unsaturated/α-hetero) is 1. The van der Waals surface area contributed by atoms with E-state index in [1.807, 2.05) is 6.92 Å². The van der Waals surface area contributed by atoms with E-state index < -0.39 is 33.2 Å². The molecule has 0 N–H and O–H groups in total. The molecule has 0 aromatic heterocycles. The Labute approximate surface area is 372 Å². The van der Waals surface area contributed by atoms with Crippen molar-refractivity contribution in [1.29, 1.82) is 0 Å². The molecule has 4 aliphatic rings. The van der Waals surface area contributed by atoms with E-state index in [0.29, 0.717) is 57.6 Å². The number of benzene rings is 2. The van der Waals surface area contributed by atoms with Crippen LogP contribution in [0.25, 0.3) is 0 Å². The Morgan fingerprint density at radius 3 is 2.12 bits per heavy atom. The fourth-order valence-corrected chi connectivity index (χ4v) is 18.6. The number of hydrogen-bond acceptors (Lipinski definition) is 8. The van der Waals surface area contributed by atoms with Gasteiger partial charge in [0.1, 0.15) is 18.2 Å². The topological polar surface area (TPSA) is 81.7 Å². The summed E-state index contributed by atoms with van der Waals surface area (Å²) in [5.41, 5.74) is -1.17. The molecule has 11 heteroatoms. The molecule has 2 heterocycles. The normalized spacial score (nSPS) is 30.8. The molecule has 6 rings (SSSR count). The van der Waals surface area contributed by atoms with Gasteiger partial charge >= 0.3 is 0 Å². The zero-order valence-electron chi connectivity index (χ0n) is 37.7. The number of ketones is 1. The van der Waals surface area contributed by atoms with Crippen LogP contribution in [-0.4, -0.2) is 89.7 Å². The summed E-state index contributed by atoms with van der Waals surface area (Å²) in [6.07, 6.45) is 7.34. The first-order valence-electron chi connectivity index (χ1n) is 22.7. The van der Waals surface area contributed by atoms with Gasteiger partial charge in [0.2, 0.25) is 0 Å². The number of carbonyl (C=O) groups excluding carboxylic acids is 1. The molecule has 8 atom stereocenters. The SMILES string of the molecule is CCOC1C[C@@]2(CO1)CC(=O)C[C@@H]1[C@H](CCOCOCC[Si](C)(C)C)[C@@H](CCCCCCO[Si](c3ccccc3)(c3ccccc3)C(C)(C)C)[C@H](I)[C@]23OC(C)(C)O[C@H]13. The van der Waals surface area contributed by atoms with Gasteiger partial charge in [-0.15, -0.1) is 0 Å². The number of rotatable bonds is 20. The zero-order valence-corrected chi connectivity index (χ0v) is 41.9. The number of halogens is 1. The minimum absolute atomic E-state index is 0.0365. The summed E-state index contributed by atoms with van der Waals surface area (Å²) in [7, 11) is -3.74. The van der Waals surface area contributed by atoms with Crippen LogP contribution in [-0.2, 0) is 37.6 Å². The molecule has 2 aromatic rings. The molecule has 8 nitrogen and oxygen atoms in total. The maximum Gasteiger partial charge on any atom is 0.261 e. The molecule has 1 spiro atoms. The molecule has 330 valence electrons. The van der Waals surface area contributed by atoms with Crippen molar-refractivity contribution in [2.75, 3.05) is 39.8 Å². The Morgan fingerprint density at radius 2 is 1.49 bits per heavy atom. The van der Waals surface area contributed by atoms with E-state index in [1.165, 1.54) is 10.4 Å². The van der Waals surface area contributed by atoms with Crippen molar-refractivity contribution in [3.8, 4) is 0 Å². The third-order valence-electron chi connectivity index (χ3n) is 13.7. The van der Waals surface area contributed by atoms with Gasteiger partial charge in [0.05, 0.1) is 12.7 Å². The number of hydrogen-bond donors (Lipinski definition) is 0. The molecule has 2 aromatic carbocycles. The average Bonchev–Trinajstić information content (AvgIpc) is 3.71. The van der Waals surface area contributed by atoms with Gasteiger partial charge in [-0.25, -0.2) is 0 Å². The number of alkyl halides is 1. The summed E-state index contributed by atoms with van der Waals surface area (Å²) in [5, 5.41) is 2.62. The van der Waals surface area contributed by atoms with Gasteiger partial charge in [0.15, 0.2) is 12.1 Å². The smallest absolute Gasteiger partial charge is 0.261 e. The van der Waals surface area contributed by atoms with E-state index in [9.17, 15) is 4.79 Å². The summed E-state index contributed by atoms with van der Waals surface area (Å²) in [6, 6.07) is 23.0. The van der Waals surface area contributed by atoms with Gasteiger partial charge in [-0.1, -0.05) is 143 Å². The highest BCUT2D eigenvalue weighted by Gasteiger charge is 2.76. The lowest BCUT2D eigenvalue weighted by molar-refractivity contribution is -0.197.